The number of anilines is 1. The van der Waals surface area contributed by atoms with Crippen molar-refractivity contribution in [2.45, 2.75) is 0 Å². The van der Waals surface area contributed by atoms with Crippen LogP contribution in [0.5, 0.6) is 0 Å². The second-order valence-corrected chi connectivity index (χ2v) is 8.39. The van der Waals surface area contributed by atoms with Crippen molar-refractivity contribution in [3.63, 3.8) is 0 Å². The van der Waals surface area contributed by atoms with E-state index in [0.717, 1.165) is 15.1 Å². The van der Waals surface area contributed by atoms with Crippen LogP contribution in [0.2, 0.25) is 0 Å². The van der Waals surface area contributed by atoms with Crippen LogP contribution in [0.15, 0.2) is 28.7 Å². The molecule has 2 heterocycles. The number of hydrogen-bond acceptors (Lipinski definition) is 9. The number of H-pyrrole nitrogens is 1. The summed E-state index contributed by atoms with van der Waals surface area (Å²) in [6, 6.07) is 5.62. The zero-order chi connectivity index (χ0) is 18.8. The average molecular weight is 409 g/mol. The molecule has 1 atom stereocenters. The number of carbonyl (C=O) groups is 2. The number of nitrogens with two attached hydrogens (primary N) is 2. The van der Waals surface area contributed by atoms with Gasteiger partial charge in [-0.1, -0.05) is 11.2 Å². The Balaban J connectivity index is 2.06. The molecule has 0 bridgehead atoms. The zero-order valence-corrected chi connectivity index (χ0v) is 15.4. The van der Waals surface area contributed by atoms with Crippen LogP contribution in [0.1, 0.15) is 5.69 Å². The number of primary amides is 1. The third-order valence-electron chi connectivity index (χ3n) is 3.14. The van der Waals surface area contributed by atoms with Crippen molar-refractivity contribution in [1.29, 1.82) is 0 Å². The molecule has 1 amide bonds. The number of aliphatic carboxylic acids is 1. The number of nitrogens with one attached hydrogen (secondary N) is 1. The lowest BCUT2D eigenvalue weighted by molar-refractivity contribution is -0.294. The first kappa shape index (κ1) is 18.0. The van der Waals surface area contributed by atoms with Crippen LogP contribution in [0.4, 0.5) is 5.13 Å². The second-order valence-electron chi connectivity index (χ2n) is 4.90. The number of thiazole rings is 2. The number of aromatic amines is 1. The molecule has 0 fully saturated rings. The Bertz CT molecular complexity index is 1100. The summed E-state index contributed by atoms with van der Waals surface area (Å²) in [6.45, 7) is -0.570. The quantitative estimate of drug-likeness (QED) is 0.233. The van der Waals surface area contributed by atoms with Gasteiger partial charge in [0.15, 0.2) is 27.3 Å². The number of carbonyl (C=O) groups excluding carboxylic acids is 2. The van der Waals surface area contributed by atoms with Crippen LogP contribution in [-0.4, -0.2) is 34.2 Å². The first-order valence-corrected chi connectivity index (χ1v) is 9.49. The van der Waals surface area contributed by atoms with E-state index in [1.807, 2.05) is 18.2 Å². The molecule has 1 unspecified atom stereocenters. The Kier molecular flexibility index (Phi) is 4.97. The van der Waals surface area contributed by atoms with E-state index in [1.165, 1.54) is 11.3 Å². The monoisotopic (exact) mass is 409 g/mol. The average Bonchev–Trinajstić information content (AvgIpc) is 3.12. The van der Waals surface area contributed by atoms with Crippen molar-refractivity contribution in [3.8, 4) is 4.90 Å². The lowest BCUT2D eigenvalue weighted by atomic mass is 10.3. The minimum Gasteiger partial charge on any atom is -0.543 e. The number of nitrogen functional groups attached to an aromatic ring is 1. The number of carboxylic acid groups (broad SMARTS) is 1. The SMILES string of the molecule is NC(=O)CO/N=C(\C(=O)[O-])c1c[s+](-c2cccc3sc(=S)[nH]c23)c(N)n1. The van der Waals surface area contributed by atoms with Gasteiger partial charge in [-0.2, -0.15) is 4.98 Å². The third-order valence-corrected chi connectivity index (χ3v) is 6.15. The van der Waals surface area contributed by atoms with E-state index >= 15 is 0 Å². The molecule has 0 aliphatic rings. The maximum Gasteiger partial charge on any atom is 0.343 e. The molecule has 3 rings (SSSR count). The normalized spacial score (nSPS) is 12.3. The summed E-state index contributed by atoms with van der Waals surface area (Å²) >= 11 is 6.60. The number of benzene rings is 1. The van der Waals surface area contributed by atoms with Crippen LogP contribution in [-0.2, 0) is 14.4 Å². The van der Waals surface area contributed by atoms with Gasteiger partial charge in [-0.3, -0.25) is 4.79 Å². The van der Waals surface area contributed by atoms with Gasteiger partial charge in [0.2, 0.25) is 4.90 Å². The zero-order valence-electron chi connectivity index (χ0n) is 12.9. The lowest BCUT2D eigenvalue weighted by Crippen LogP contribution is -2.33. The molecular weight excluding hydrogens is 398 g/mol. The van der Waals surface area contributed by atoms with Crippen LogP contribution >= 0.6 is 34.0 Å². The van der Waals surface area contributed by atoms with E-state index in [0.29, 0.717) is 3.95 Å². The van der Waals surface area contributed by atoms with E-state index < -0.39 is 34.7 Å². The summed E-state index contributed by atoms with van der Waals surface area (Å²) < 4.78 is 1.57. The minimum atomic E-state index is -1.61. The number of carboxylic acids is 1. The first-order chi connectivity index (χ1) is 12.4. The number of fused-ring (bicyclic) bond motifs is 1. The van der Waals surface area contributed by atoms with Crippen molar-refractivity contribution in [2.24, 2.45) is 10.9 Å². The highest BCUT2D eigenvalue weighted by Crippen LogP contribution is 2.41. The van der Waals surface area contributed by atoms with E-state index in [1.54, 1.807) is 5.38 Å². The fraction of sp³-hybridized carbons (Fsp3) is 0.0714. The summed E-state index contributed by atoms with van der Waals surface area (Å²) in [5, 5.41) is 16.5. The van der Waals surface area contributed by atoms with Crippen LogP contribution < -0.4 is 16.6 Å². The summed E-state index contributed by atoms with van der Waals surface area (Å²) in [4.78, 5) is 34.6. The van der Waals surface area contributed by atoms with Gasteiger partial charge in [-0.05, 0) is 18.3 Å². The Labute approximate surface area is 157 Å². The minimum absolute atomic E-state index is 0.0128. The van der Waals surface area contributed by atoms with Crippen molar-refractivity contribution in [1.82, 2.24) is 9.97 Å². The van der Waals surface area contributed by atoms with E-state index in [4.69, 9.17) is 23.7 Å². The summed E-state index contributed by atoms with van der Waals surface area (Å²) in [5.41, 5.74) is 11.2. The van der Waals surface area contributed by atoms with Gasteiger partial charge in [-0.15, -0.1) is 11.3 Å². The molecule has 9 nitrogen and oxygen atoms in total. The van der Waals surface area contributed by atoms with Gasteiger partial charge in [0.25, 0.3) is 5.91 Å². The van der Waals surface area contributed by atoms with Gasteiger partial charge < -0.3 is 31.2 Å². The predicted molar refractivity (Wildman–Crippen MR) is 99.7 cm³/mol. The highest BCUT2D eigenvalue weighted by atomic mass is 32.2. The fourth-order valence-corrected chi connectivity index (χ4v) is 4.99. The molecule has 26 heavy (non-hydrogen) atoms. The number of aromatic nitrogens is 2. The Hall–Kier alpha value is -2.83. The Morgan fingerprint density at radius 3 is 2.92 bits per heavy atom. The van der Waals surface area contributed by atoms with Crippen LogP contribution in [0, 0.1) is 3.95 Å². The molecule has 0 aliphatic heterocycles. The molecule has 0 saturated carbocycles. The smallest absolute Gasteiger partial charge is 0.343 e. The molecule has 0 spiro atoms. The standard InChI is InChI=1S/C14H11N5O4S3/c15-9(20)4-23-19-10(12(21)22)6-5-26(13(16)17-6)8-3-1-2-7-11(8)18-14(24)25-7/h1-3,5H,4H2,(H5-,15,16,17,18,20,21,22,24)/b19-10-. The number of para-hydroxylation sites is 1. The first-order valence-electron chi connectivity index (χ1n) is 6.97. The number of nitrogens with zero attached hydrogens (tertiary/aromatic N) is 2. The molecule has 0 radical (unpaired) electrons. The summed E-state index contributed by atoms with van der Waals surface area (Å²) in [5.74, 6) is -2.41. The molecule has 1 aromatic carbocycles. The number of oxime groups is 1. The van der Waals surface area contributed by atoms with E-state index in [2.05, 4.69) is 20.0 Å². The van der Waals surface area contributed by atoms with Gasteiger partial charge in [0.1, 0.15) is 5.52 Å². The van der Waals surface area contributed by atoms with Gasteiger partial charge in [-0.25, -0.2) is 0 Å². The van der Waals surface area contributed by atoms with Crippen LogP contribution in [0.3, 0.4) is 0 Å². The Morgan fingerprint density at radius 2 is 2.23 bits per heavy atom. The predicted octanol–water partition coefficient (Wildman–Crippen LogP) is 0.630. The van der Waals surface area contributed by atoms with Crippen molar-refractivity contribution < 1.29 is 19.5 Å². The van der Waals surface area contributed by atoms with Gasteiger partial charge in [0, 0.05) is 6.07 Å². The molecule has 0 saturated heterocycles. The van der Waals surface area contributed by atoms with Crippen molar-refractivity contribution in [2.75, 3.05) is 12.3 Å². The van der Waals surface area contributed by atoms with Crippen molar-refractivity contribution >= 4 is 67.0 Å². The number of amides is 1. The maximum atomic E-state index is 11.3. The molecule has 2 aromatic heterocycles. The van der Waals surface area contributed by atoms with Gasteiger partial charge in [0.05, 0.1) is 21.1 Å². The summed E-state index contributed by atoms with van der Waals surface area (Å²) in [7, 11) is -0.802. The molecular formula is C14H11N5O4S3. The number of hydrogen-bond donors (Lipinski definition) is 3. The third kappa shape index (κ3) is 3.56. The highest BCUT2D eigenvalue weighted by Gasteiger charge is 2.26. The van der Waals surface area contributed by atoms with Crippen LogP contribution in [0.25, 0.3) is 15.1 Å². The maximum absolute atomic E-state index is 11.3. The lowest BCUT2D eigenvalue weighted by Gasteiger charge is -2.02. The number of rotatable bonds is 6. The largest absolute Gasteiger partial charge is 0.543 e. The van der Waals surface area contributed by atoms with Crippen molar-refractivity contribution in [3.05, 3.63) is 33.2 Å². The molecule has 12 heteroatoms. The topological polar surface area (TPSA) is 160 Å². The molecule has 3 aromatic rings. The molecule has 0 aliphatic carbocycles. The van der Waals surface area contributed by atoms with Gasteiger partial charge >= 0.3 is 5.13 Å². The highest BCUT2D eigenvalue weighted by molar-refractivity contribution is 7.73. The fourth-order valence-electron chi connectivity index (χ4n) is 2.13. The molecule has 134 valence electrons. The molecule has 5 N–H and O–H groups in total. The Morgan fingerprint density at radius 1 is 1.46 bits per heavy atom. The summed E-state index contributed by atoms with van der Waals surface area (Å²) in [6.07, 6.45) is 0. The van der Waals surface area contributed by atoms with E-state index in [-0.39, 0.29) is 10.8 Å². The second kappa shape index (κ2) is 7.19. The van der Waals surface area contributed by atoms with E-state index in [9.17, 15) is 14.7 Å².